The van der Waals surface area contributed by atoms with Crippen molar-refractivity contribution >= 4 is 27.4 Å². The molecule has 2 fully saturated rings. The lowest BCUT2D eigenvalue weighted by atomic mass is 10.1. The second-order valence-corrected chi connectivity index (χ2v) is 10.3. The predicted molar refractivity (Wildman–Crippen MR) is 118 cm³/mol. The van der Waals surface area contributed by atoms with E-state index in [-0.39, 0.29) is 18.1 Å². The van der Waals surface area contributed by atoms with E-state index in [2.05, 4.69) is 15.3 Å². The van der Waals surface area contributed by atoms with E-state index in [0.29, 0.717) is 42.3 Å². The van der Waals surface area contributed by atoms with Crippen molar-refractivity contribution in [2.24, 2.45) is 0 Å². The Morgan fingerprint density at radius 1 is 1.15 bits per heavy atom. The van der Waals surface area contributed by atoms with Crippen LogP contribution in [0, 0.1) is 5.82 Å². The third-order valence-corrected chi connectivity index (χ3v) is 7.34. The fraction of sp³-hybridized carbons (Fsp3) is 0.333. The fourth-order valence-electron chi connectivity index (χ4n) is 3.95. The largest absolute Gasteiger partial charge is 0.442 e. The van der Waals surface area contributed by atoms with Crippen LogP contribution in [0.2, 0.25) is 0 Å². The third-order valence-electron chi connectivity index (χ3n) is 5.73. The molecule has 5 rings (SSSR count). The van der Waals surface area contributed by atoms with E-state index in [4.69, 9.17) is 4.74 Å². The van der Waals surface area contributed by atoms with Crippen molar-refractivity contribution in [2.75, 3.05) is 40.9 Å². The number of amides is 1. The van der Waals surface area contributed by atoms with E-state index in [0.717, 1.165) is 0 Å². The van der Waals surface area contributed by atoms with Gasteiger partial charge in [-0.25, -0.2) is 27.3 Å². The first-order valence-corrected chi connectivity index (χ1v) is 12.2. The number of aromatic nitrogens is 4. The Hall–Kier alpha value is -3.54. The number of carbonyl (C=O) groups excluding carboxylic acids is 1. The summed E-state index contributed by atoms with van der Waals surface area (Å²) in [6.07, 6.45) is 3.83. The Morgan fingerprint density at radius 2 is 1.97 bits per heavy atom. The summed E-state index contributed by atoms with van der Waals surface area (Å²) in [4.78, 5) is 20.0. The molecular weight excluding hydrogens is 451 g/mol. The molecule has 172 valence electrons. The van der Waals surface area contributed by atoms with Gasteiger partial charge in [-0.2, -0.15) is 0 Å². The molecule has 1 amide bonds. The van der Waals surface area contributed by atoms with Gasteiger partial charge in [0.2, 0.25) is 0 Å². The van der Waals surface area contributed by atoms with E-state index in [9.17, 15) is 17.6 Å². The first-order chi connectivity index (χ1) is 15.9. The molecule has 0 radical (unpaired) electrons. The number of hydrogen-bond donors (Lipinski definition) is 0. The van der Waals surface area contributed by atoms with Crippen LogP contribution in [0.1, 0.15) is 0 Å². The SMILES string of the molecule is O=C1O[C@@H](Cn2ccnn2)CN1c1ccc(-c2ccc(N3CCS(=O)(=O)CC3)nc2)c(F)c1. The average molecular weight is 473 g/mol. The lowest BCUT2D eigenvalue weighted by Gasteiger charge is -2.27. The van der Waals surface area contributed by atoms with Gasteiger partial charge in [0.15, 0.2) is 9.84 Å². The van der Waals surface area contributed by atoms with Crippen LogP contribution in [-0.2, 0) is 21.1 Å². The van der Waals surface area contributed by atoms with Crippen molar-refractivity contribution in [1.29, 1.82) is 0 Å². The monoisotopic (exact) mass is 472 g/mol. The first kappa shape index (κ1) is 21.3. The molecule has 0 unspecified atom stereocenters. The zero-order chi connectivity index (χ0) is 23.0. The molecule has 0 saturated carbocycles. The molecule has 1 atom stereocenters. The maximum Gasteiger partial charge on any atom is 0.414 e. The van der Waals surface area contributed by atoms with Crippen LogP contribution in [0.15, 0.2) is 48.9 Å². The van der Waals surface area contributed by atoms with Crippen molar-refractivity contribution in [3.8, 4) is 11.1 Å². The maximum atomic E-state index is 15.0. The molecule has 0 aliphatic carbocycles. The molecule has 1 aromatic carbocycles. The number of halogens is 1. The smallest absolute Gasteiger partial charge is 0.414 e. The maximum absolute atomic E-state index is 15.0. The van der Waals surface area contributed by atoms with Gasteiger partial charge in [-0.1, -0.05) is 5.21 Å². The summed E-state index contributed by atoms with van der Waals surface area (Å²) in [6, 6.07) is 8.08. The van der Waals surface area contributed by atoms with Gasteiger partial charge >= 0.3 is 6.09 Å². The van der Waals surface area contributed by atoms with Crippen LogP contribution in [0.25, 0.3) is 11.1 Å². The van der Waals surface area contributed by atoms with Crippen molar-refractivity contribution in [3.63, 3.8) is 0 Å². The van der Waals surface area contributed by atoms with E-state index in [1.807, 2.05) is 4.90 Å². The van der Waals surface area contributed by atoms with Gasteiger partial charge < -0.3 is 9.64 Å². The lowest BCUT2D eigenvalue weighted by Crippen LogP contribution is -2.40. The van der Waals surface area contributed by atoms with E-state index < -0.39 is 27.9 Å². The lowest BCUT2D eigenvalue weighted by molar-refractivity contribution is 0.129. The number of rotatable bonds is 5. The first-order valence-electron chi connectivity index (χ1n) is 10.4. The molecule has 0 spiro atoms. The quantitative estimate of drug-likeness (QED) is 0.552. The van der Waals surface area contributed by atoms with Gasteiger partial charge in [0, 0.05) is 36.6 Å². The summed E-state index contributed by atoms with van der Waals surface area (Å²) in [6.45, 7) is 1.42. The van der Waals surface area contributed by atoms with Crippen LogP contribution in [0.3, 0.4) is 0 Å². The highest BCUT2D eigenvalue weighted by Crippen LogP contribution is 2.30. The van der Waals surface area contributed by atoms with Crippen molar-refractivity contribution in [2.45, 2.75) is 12.6 Å². The van der Waals surface area contributed by atoms with Crippen LogP contribution < -0.4 is 9.80 Å². The molecule has 2 aliphatic rings. The molecule has 10 nitrogen and oxygen atoms in total. The highest BCUT2D eigenvalue weighted by Gasteiger charge is 2.33. The van der Waals surface area contributed by atoms with E-state index in [1.165, 1.54) is 11.0 Å². The summed E-state index contributed by atoms with van der Waals surface area (Å²) in [5.74, 6) is 0.374. The molecule has 33 heavy (non-hydrogen) atoms. The van der Waals surface area contributed by atoms with Gasteiger partial charge in [0.25, 0.3) is 0 Å². The summed E-state index contributed by atoms with van der Waals surface area (Å²) in [7, 11) is -2.98. The minimum atomic E-state index is -2.98. The second-order valence-electron chi connectivity index (χ2n) is 7.95. The van der Waals surface area contributed by atoms with Gasteiger partial charge in [-0.05, 0) is 30.3 Å². The van der Waals surface area contributed by atoms with Gasteiger partial charge in [0.1, 0.15) is 17.7 Å². The molecule has 4 heterocycles. The summed E-state index contributed by atoms with van der Waals surface area (Å²) in [5, 5.41) is 7.59. The number of ether oxygens (including phenoxy) is 1. The standard InChI is InChI=1S/C21H21FN6O4S/c22-19-11-16(28-14-17(32-21(28)29)13-27-6-5-24-25-27)2-3-18(19)15-1-4-20(23-12-15)26-7-9-33(30,31)10-8-26/h1-6,11-12,17H,7-10,13-14H2/t17-/m0/s1. The van der Waals surface area contributed by atoms with E-state index in [1.54, 1.807) is 47.5 Å². The minimum Gasteiger partial charge on any atom is -0.442 e. The van der Waals surface area contributed by atoms with Crippen molar-refractivity contribution in [3.05, 3.63) is 54.7 Å². The van der Waals surface area contributed by atoms with Crippen LogP contribution >= 0.6 is 0 Å². The second kappa shape index (κ2) is 8.43. The Morgan fingerprint density at radius 3 is 2.64 bits per heavy atom. The number of benzene rings is 1. The number of sulfone groups is 1. The molecule has 2 saturated heterocycles. The van der Waals surface area contributed by atoms with Gasteiger partial charge in [0.05, 0.1) is 36.5 Å². The number of anilines is 2. The van der Waals surface area contributed by atoms with E-state index >= 15 is 0 Å². The fourth-order valence-corrected chi connectivity index (χ4v) is 5.15. The normalized spacial score (nSPS) is 20.2. The molecule has 0 bridgehead atoms. The Bertz CT molecular complexity index is 1250. The van der Waals surface area contributed by atoms with Gasteiger partial charge in [-0.15, -0.1) is 5.10 Å². The number of hydrogen-bond acceptors (Lipinski definition) is 8. The van der Waals surface area contributed by atoms with Crippen LogP contribution in [0.5, 0.6) is 0 Å². The van der Waals surface area contributed by atoms with Gasteiger partial charge in [-0.3, -0.25) is 4.90 Å². The molecule has 0 N–H and O–H groups in total. The van der Waals surface area contributed by atoms with Crippen molar-refractivity contribution < 1.29 is 22.3 Å². The highest BCUT2D eigenvalue weighted by molar-refractivity contribution is 7.91. The average Bonchev–Trinajstić information content (AvgIpc) is 3.43. The molecule has 2 aromatic heterocycles. The topological polar surface area (TPSA) is 111 Å². The predicted octanol–water partition coefficient (Wildman–Crippen LogP) is 1.74. The molecular formula is C21H21FN6O4S. The number of pyridine rings is 1. The zero-order valence-electron chi connectivity index (χ0n) is 17.5. The summed E-state index contributed by atoms with van der Waals surface area (Å²) >= 11 is 0. The highest BCUT2D eigenvalue weighted by atomic mass is 32.2. The molecule has 2 aliphatic heterocycles. The Balaban J connectivity index is 1.28. The summed E-state index contributed by atoms with van der Waals surface area (Å²) < 4.78 is 45.1. The third kappa shape index (κ3) is 4.51. The Labute approximate surface area is 189 Å². The summed E-state index contributed by atoms with van der Waals surface area (Å²) in [5.41, 5.74) is 1.34. The number of carbonyl (C=O) groups is 1. The zero-order valence-corrected chi connectivity index (χ0v) is 18.4. The molecule has 3 aromatic rings. The number of nitrogens with zero attached hydrogens (tertiary/aromatic N) is 6. The van der Waals surface area contributed by atoms with Crippen molar-refractivity contribution in [1.82, 2.24) is 20.0 Å². The minimum absolute atomic E-state index is 0.102. The molecule has 12 heteroatoms. The van der Waals surface area contributed by atoms with Crippen LogP contribution in [-0.4, -0.2) is 71.7 Å². The number of cyclic esters (lactones) is 1. The Kier molecular flexibility index (Phi) is 5.44. The van der Waals surface area contributed by atoms with Crippen LogP contribution in [0.4, 0.5) is 20.7 Å².